The van der Waals surface area contributed by atoms with Crippen LogP contribution in [0.5, 0.6) is 0 Å². The van der Waals surface area contributed by atoms with E-state index in [0.717, 1.165) is 5.52 Å². The fourth-order valence-electron chi connectivity index (χ4n) is 2.59. The summed E-state index contributed by atoms with van der Waals surface area (Å²) >= 11 is 7.27. The van der Waals surface area contributed by atoms with Gasteiger partial charge >= 0.3 is 0 Å². The molecule has 4 rings (SSSR count). The first-order chi connectivity index (χ1) is 11.6. The van der Waals surface area contributed by atoms with Crippen molar-refractivity contribution in [3.63, 3.8) is 0 Å². The highest BCUT2D eigenvalue weighted by molar-refractivity contribution is 7.99. The van der Waals surface area contributed by atoms with Gasteiger partial charge in [0.15, 0.2) is 10.8 Å². The Morgan fingerprint density at radius 3 is 2.46 bits per heavy atom. The van der Waals surface area contributed by atoms with Crippen molar-refractivity contribution in [3.05, 3.63) is 52.7 Å². The Kier molecular flexibility index (Phi) is 3.74. The van der Waals surface area contributed by atoms with E-state index >= 15 is 0 Å². The lowest BCUT2D eigenvalue weighted by Gasteiger charge is -2.12. The van der Waals surface area contributed by atoms with Gasteiger partial charge in [-0.2, -0.15) is 0 Å². The van der Waals surface area contributed by atoms with Crippen molar-refractivity contribution in [2.75, 3.05) is 12.3 Å². The minimum absolute atomic E-state index is 0.241. The molecule has 3 heterocycles. The third-order valence-corrected chi connectivity index (χ3v) is 4.79. The molecule has 0 spiro atoms. The van der Waals surface area contributed by atoms with Gasteiger partial charge in [-0.05, 0) is 24.3 Å². The Morgan fingerprint density at radius 1 is 1.04 bits per heavy atom. The SMILES string of the molecule is O=C1c2ccccc2C(=O)N1CCSc1nc2nc(Cl)ccc2[nH]1. The number of carbonyl (C=O) groups excluding carboxylic acids is 2. The predicted molar refractivity (Wildman–Crippen MR) is 91.4 cm³/mol. The fourth-order valence-corrected chi connectivity index (χ4v) is 3.54. The molecule has 1 aliphatic rings. The average molecular weight is 359 g/mol. The number of aromatic amines is 1. The molecule has 120 valence electrons. The van der Waals surface area contributed by atoms with Crippen LogP contribution in [-0.4, -0.2) is 44.0 Å². The van der Waals surface area contributed by atoms with Gasteiger partial charge in [0, 0.05) is 12.3 Å². The monoisotopic (exact) mass is 358 g/mol. The summed E-state index contributed by atoms with van der Waals surface area (Å²) in [6.45, 7) is 0.322. The molecule has 0 bridgehead atoms. The second-order valence-corrected chi connectivity index (χ2v) is 6.67. The van der Waals surface area contributed by atoms with E-state index in [0.29, 0.717) is 39.4 Å². The largest absolute Gasteiger partial charge is 0.332 e. The van der Waals surface area contributed by atoms with Crippen molar-refractivity contribution in [3.8, 4) is 0 Å². The number of fused-ring (bicyclic) bond motifs is 2. The summed E-state index contributed by atoms with van der Waals surface area (Å²) in [6.07, 6.45) is 0. The quantitative estimate of drug-likeness (QED) is 0.440. The standard InChI is InChI=1S/C16H11ClN4O2S/c17-12-6-5-11-13(19-12)20-16(18-11)24-8-7-21-14(22)9-3-1-2-4-10(9)15(21)23/h1-6H,7-8H2,(H,18,19,20). The Balaban J connectivity index is 1.44. The van der Waals surface area contributed by atoms with Gasteiger partial charge in [0.25, 0.3) is 11.8 Å². The molecule has 0 saturated heterocycles. The zero-order valence-electron chi connectivity index (χ0n) is 12.3. The minimum Gasteiger partial charge on any atom is -0.332 e. The number of pyridine rings is 1. The summed E-state index contributed by atoms with van der Waals surface area (Å²) in [4.78, 5) is 37.4. The molecule has 0 saturated carbocycles. The van der Waals surface area contributed by atoms with Gasteiger partial charge in [-0.3, -0.25) is 14.5 Å². The first-order valence-electron chi connectivity index (χ1n) is 7.24. The number of rotatable bonds is 4. The number of thioether (sulfide) groups is 1. The van der Waals surface area contributed by atoms with E-state index < -0.39 is 0 Å². The van der Waals surface area contributed by atoms with Crippen LogP contribution in [0.4, 0.5) is 0 Å². The van der Waals surface area contributed by atoms with Crippen LogP contribution in [-0.2, 0) is 0 Å². The number of H-pyrrole nitrogens is 1. The van der Waals surface area contributed by atoms with Gasteiger partial charge in [-0.15, -0.1) is 0 Å². The maximum Gasteiger partial charge on any atom is 0.261 e. The molecule has 0 atom stereocenters. The normalized spacial score (nSPS) is 13.8. The zero-order chi connectivity index (χ0) is 16.7. The Bertz CT molecular complexity index is 937. The highest BCUT2D eigenvalue weighted by Gasteiger charge is 2.34. The molecule has 0 unspecified atom stereocenters. The van der Waals surface area contributed by atoms with Crippen LogP contribution in [0.1, 0.15) is 20.7 Å². The Hall–Kier alpha value is -2.38. The van der Waals surface area contributed by atoms with Crippen LogP contribution in [0.2, 0.25) is 5.15 Å². The van der Waals surface area contributed by atoms with Crippen LogP contribution in [0.3, 0.4) is 0 Å². The van der Waals surface area contributed by atoms with E-state index in [2.05, 4.69) is 15.0 Å². The first kappa shape index (κ1) is 15.2. The van der Waals surface area contributed by atoms with Crippen LogP contribution < -0.4 is 0 Å². The smallest absolute Gasteiger partial charge is 0.261 e. The molecule has 1 N–H and O–H groups in total. The van der Waals surface area contributed by atoms with E-state index in [9.17, 15) is 9.59 Å². The number of benzene rings is 1. The summed E-state index contributed by atoms with van der Waals surface area (Å²) in [5.74, 6) is 0.0578. The average Bonchev–Trinajstić information content (AvgIpc) is 3.09. The maximum atomic E-state index is 12.3. The molecule has 0 radical (unpaired) electrons. The minimum atomic E-state index is -0.241. The number of imidazole rings is 1. The number of nitrogens with zero attached hydrogens (tertiary/aromatic N) is 3. The van der Waals surface area contributed by atoms with Crippen molar-refractivity contribution in [2.24, 2.45) is 0 Å². The summed E-state index contributed by atoms with van der Waals surface area (Å²) in [7, 11) is 0. The second-order valence-electron chi connectivity index (χ2n) is 5.20. The van der Waals surface area contributed by atoms with Gasteiger partial charge in [0.2, 0.25) is 0 Å². The number of hydrogen-bond donors (Lipinski definition) is 1. The summed E-state index contributed by atoms with van der Waals surface area (Å²) < 4.78 is 0. The maximum absolute atomic E-state index is 12.3. The van der Waals surface area contributed by atoms with Crippen LogP contribution in [0.25, 0.3) is 11.2 Å². The summed E-state index contributed by atoms with van der Waals surface area (Å²) in [6, 6.07) is 10.4. The van der Waals surface area contributed by atoms with E-state index in [-0.39, 0.29) is 11.8 Å². The zero-order valence-corrected chi connectivity index (χ0v) is 13.9. The van der Waals surface area contributed by atoms with Gasteiger partial charge in [-0.1, -0.05) is 35.5 Å². The number of aromatic nitrogens is 3. The fraction of sp³-hybridized carbons (Fsp3) is 0.125. The summed E-state index contributed by atoms with van der Waals surface area (Å²) in [5, 5.41) is 1.06. The molecule has 0 aliphatic carbocycles. The Labute approximate surface area is 146 Å². The molecule has 8 heteroatoms. The van der Waals surface area contributed by atoms with E-state index in [1.54, 1.807) is 30.3 Å². The van der Waals surface area contributed by atoms with E-state index in [1.807, 2.05) is 6.07 Å². The summed E-state index contributed by atoms with van der Waals surface area (Å²) in [5.41, 5.74) is 2.28. The van der Waals surface area contributed by atoms with Crippen LogP contribution >= 0.6 is 23.4 Å². The van der Waals surface area contributed by atoms with Gasteiger partial charge in [0.1, 0.15) is 5.15 Å². The molecule has 0 fully saturated rings. The third-order valence-electron chi connectivity index (χ3n) is 3.72. The van der Waals surface area contributed by atoms with Gasteiger partial charge < -0.3 is 4.98 Å². The molecular formula is C16H11ClN4O2S. The van der Waals surface area contributed by atoms with Gasteiger partial charge in [0.05, 0.1) is 16.6 Å². The molecule has 1 aromatic carbocycles. The Morgan fingerprint density at radius 2 is 1.75 bits per heavy atom. The molecule has 1 aliphatic heterocycles. The van der Waals surface area contributed by atoms with Crippen molar-refractivity contribution in [1.29, 1.82) is 0 Å². The number of imide groups is 1. The number of nitrogens with one attached hydrogen (secondary N) is 1. The van der Waals surface area contributed by atoms with E-state index in [1.165, 1.54) is 16.7 Å². The highest BCUT2D eigenvalue weighted by Crippen LogP contribution is 2.24. The molecule has 2 amide bonds. The number of hydrogen-bond acceptors (Lipinski definition) is 5. The molecule has 6 nitrogen and oxygen atoms in total. The predicted octanol–water partition coefficient (Wildman–Crippen LogP) is 3.00. The molecule has 24 heavy (non-hydrogen) atoms. The first-order valence-corrected chi connectivity index (χ1v) is 8.60. The highest BCUT2D eigenvalue weighted by atomic mass is 35.5. The lowest BCUT2D eigenvalue weighted by molar-refractivity contribution is 0.0664. The lowest BCUT2D eigenvalue weighted by atomic mass is 10.1. The second kappa shape index (κ2) is 5.92. The van der Waals surface area contributed by atoms with Crippen LogP contribution in [0, 0.1) is 0 Å². The number of amides is 2. The van der Waals surface area contributed by atoms with E-state index in [4.69, 9.17) is 11.6 Å². The van der Waals surface area contributed by atoms with Crippen molar-refractivity contribution in [1.82, 2.24) is 19.9 Å². The number of carbonyl (C=O) groups is 2. The third kappa shape index (κ3) is 2.55. The van der Waals surface area contributed by atoms with Gasteiger partial charge in [-0.25, -0.2) is 9.97 Å². The molecule has 2 aromatic heterocycles. The van der Waals surface area contributed by atoms with Crippen molar-refractivity contribution >= 4 is 46.3 Å². The van der Waals surface area contributed by atoms with Crippen molar-refractivity contribution < 1.29 is 9.59 Å². The lowest BCUT2D eigenvalue weighted by Crippen LogP contribution is -2.31. The topological polar surface area (TPSA) is 79.0 Å². The number of halogens is 1. The molecule has 3 aromatic rings. The van der Waals surface area contributed by atoms with Crippen molar-refractivity contribution in [2.45, 2.75) is 5.16 Å². The van der Waals surface area contributed by atoms with Crippen LogP contribution in [0.15, 0.2) is 41.6 Å². The molecular weight excluding hydrogens is 348 g/mol.